The predicted octanol–water partition coefficient (Wildman–Crippen LogP) is 6.14. The first-order valence-corrected chi connectivity index (χ1v) is 14.2. The standard InChI is InChI=1S/C34H43N3O3/c1-23(2)30-20-28(21-31(24(3)4)33(30)39)6-5-7-32(38)37-22-27-12-10-25(11-13-27)8-9-26-14-16-29(17-15-26)34(40)36-19-18-35/h8-17,20-21,23-24,39H,5-7,18-19,22,35H2,1-4H3,(H,36,40)(H,37,38)/b9-8-. The molecule has 6 heteroatoms. The highest BCUT2D eigenvalue weighted by Gasteiger charge is 2.15. The van der Waals surface area contributed by atoms with Gasteiger partial charge in [-0.05, 0) is 70.2 Å². The molecule has 2 amide bonds. The van der Waals surface area contributed by atoms with Crippen molar-refractivity contribution in [3.63, 3.8) is 0 Å². The number of rotatable bonds is 13. The zero-order valence-corrected chi connectivity index (χ0v) is 24.2. The van der Waals surface area contributed by atoms with E-state index in [1.807, 2.05) is 48.6 Å². The van der Waals surface area contributed by atoms with Crippen LogP contribution >= 0.6 is 0 Å². The van der Waals surface area contributed by atoms with Crippen molar-refractivity contribution in [1.29, 1.82) is 0 Å². The van der Waals surface area contributed by atoms with Crippen molar-refractivity contribution in [1.82, 2.24) is 10.6 Å². The Morgan fingerprint density at radius 1 is 0.825 bits per heavy atom. The SMILES string of the molecule is CC(C)c1cc(CCCC(=O)NCc2ccc(/C=C\c3ccc(C(=O)NCCN)cc3)cc2)cc(C(C)C)c1O. The number of aromatic hydroxyl groups is 1. The molecule has 212 valence electrons. The Morgan fingerprint density at radius 2 is 1.38 bits per heavy atom. The molecular weight excluding hydrogens is 498 g/mol. The van der Waals surface area contributed by atoms with Crippen molar-refractivity contribution in [3.05, 3.63) is 99.6 Å². The number of nitrogens with two attached hydrogens (primary N) is 1. The van der Waals surface area contributed by atoms with Gasteiger partial charge in [0.25, 0.3) is 5.91 Å². The molecule has 0 fully saturated rings. The van der Waals surface area contributed by atoms with E-state index in [2.05, 4.69) is 50.5 Å². The van der Waals surface area contributed by atoms with E-state index < -0.39 is 0 Å². The predicted molar refractivity (Wildman–Crippen MR) is 164 cm³/mol. The third kappa shape index (κ3) is 9.09. The van der Waals surface area contributed by atoms with Gasteiger partial charge in [0.2, 0.25) is 5.91 Å². The molecule has 0 saturated carbocycles. The van der Waals surface area contributed by atoms with Crippen LogP contribution < -0.4 is 16.4 Å². The molecule has 0 unspecified atom stereocenters. The van der Waals surface area contributed by atoms with Crippen LogP contribution in [0.2, 0.25) is 0 Å². The number of phenolic OH excluding ortho intramolecular Hbond substituents is 1. The van der Waals surface area contributed by atoms with Gasteiger partial charge in [0.1, 0.15) is 5.75 Å². The summed E-state index contributed by atoms with van der Waals surface area (Å²) in [7, 11) is 0. The van der Waals surface area contributed by atoms with Gasteiger partial charge >= 0.3 is 0 Å². The molecule has 5 N–H and O–H groups in total. The normalized spacial score (nSPS) is 11.4. The fourth-order valence-electron chi connectivity index (χ4n) is 4.48. The van der Waals surface area contributed by atoms with Gasteiger partial charge < -0.3 is 21.5 Å². The van der Waals surface area contributed by atoms with Crippen LogP contribution in [0.4, 0.5) is 0 Å². The molecule has 0 bridgehead atoms. The largest absolute Gasteiger partial charge is 0.507 e. The van der Waals surface area contributed by atoms with Crippen molar-refractivity contribution in [2.75, 3.05) is 13.1 Å². The third-order valence-electron chi connectivity index (χ3n) is 6.88. The highest BCUT2D eigenvalue weighted by molar-refractivity contribution is 5.94. The maximum Gasteiger partial charge on any atom is 0.251 e. The van der Waals surface area contributed by atoms with E-state index in [0.717, 1.165) is 40.7 Å². The van der Waals surface area contributed by atoms with E-state index in [0.29, 0.717) is 37.4 Å². The molecule has 6 nitrogen and oxygen atoms in total. The molecular formula is C34H43N3O3. The van der Waals surface area contributed by atoms with E-state index in [1.165, 1.54) is 5.56 Å². The van der Waals surface area contributed by atoms with Crippen LogP contribution in [-0.2, 0) is 17.8 Å². The van der Waals surface area contributed by atoms with Crippen LogP contribution in [0, 0.1) is 0 Å². The van der Waals surface area contributed by atoms with Crippen LogP contribution in [0.3, 0.4) is 0 Å². The maximum absolute atomic E-state index is 12.5. The smallest absolute Gasteiger partial charge is 0.251 e. The van der Waals surface area contributed by atoms with E-state index in [4.69, 9.17) is 5.73 Å². The van der Waals surface area contributed by atoms with Crippen molar-refractivity contribution < 1.29 is 14.7 Å². The first kappa shape index (κ1) is 30.6. The van der Waals surface area contributed by atoms with Gasteiger partial charge in [-0.2, -0.15) is 0 Å². The first-order valence-electron chi connectivity index (χ1n) is 14.2. The number of hydrogen-bond acceptors (Lipinski definition) is 4. The Balaban J connectivity index is 1.45. The molecule has 0 spiro atoms. The van der Waals surface area contributed by atoms with Crippen molar-refractivity contribution in [2.24, 2.45) is 5.73 Å². The Morgan fingerprint density at radius 3 is 1.90 bits per heavy atom. The lowest BCUT2D eigenvalue weighted by atomic mass is 9.90. The molecule has 0 aromatic heterocycles. The molecule has 3 aromatic rings. The molecule has 0 radical (unpaired) electrons. The van der Waals surface area contributed by atoms with E-state index in [9.17, 15) is 14.7 Å². The van der Waals surface area contributed by atoms with Crippen LogP contribution in [0.5, 0.6) is 5.75 Å². The molecule has 0 atom stereocenters. The van der Waals surface area contributed by atoms with Crippen LogP contribution in [0.15, 0.2) is 60.7 Å². The Labute approximate surface area is 238 Å². The Hall–Kier alpha value is -3.90. The van der Waals surface area contributed by atoms with Gasteiger partial charge in [-0.3, -0.25) is 9.59 Å². The minimum atomic E-state index is -0.124. The van der Waals surface area contributed by atoms with Gasteiger partial charge in [0, 0.05) is 31.6 Å². The average Bonchev–Trinajstić information content (AvgIpc) is 2.94. The molecule has 0 saturated heterocycles. The lowest BCUT2D eigenvalue weighted by molar-refractivity contribution is -0.121. The van der Waals surface area contributed by atoms with E-state index in [-0.39, 0.29) is 23.7 Å². The van der Waals surface area contributed by atoms with Crippen LogP contribution in [0.25, 0.3) is 12.2 Å². The summed E-state index contributed by atoms with van der Waals surface area (Å²) in [5.74, 6) is 0.815. The molecule has 0 aliphatic heterocycles. The number of aryl methyl sites for hydroxylation is 1. The number of carbonyl (C=O) groups is 2. The minimum Gasteiger partial charge on any atom is -0.507 e. The third-order valence-corrected chi connectivity index (χ3v) is 6.88. The summed E-state index contributed by atoms with van der Waals surface area (Å²) in [5, 5.41) is 16.4. The van der Waals surface area contributed by atoms with Gasteiger partial charge in [-0.15, -0.1) is 0 Å². The summed E-state index contributed by atoms with van der Waals surface area (Å²) < 4.78 is 0. The molecule has 3 aromatic carbocycles. The quantitative estimate of drug-likeness (QED) is 0.195. The average molecular weight is 542 g/mol. The zero-order chi connectivity index (χ0) is 29.1. The van der Waals surface area contributed by atoms with Gasteiger partial charge in [0.15, 0.2) is 0 Å². The highest BCUT2D eigenvalue weighted by atomic mass is 16.3. The fraction of sp³-hybridized carbons (Fsp3) is 0.353. The monoisotopic (exact) mass is 541 g/mol. The fourth-order valence-corrected chi connectivity index (χ4v) is 4.48. The summed E-state index contributed by atoms with van der Waals surface area (Å²) in [6, 6.07) is 19.7. The second-order valence-corrected chi connectivity index (χ2v) is 10.8. The van der Waals surface area contributed by atoms with Crippen molar-refractivity contribution in [2.45, 2.75) is 65.3 Å². The number of benzene rings is 3. The topological polar surface area (TPSA) is 104 Å². The number of hydrogen-bond donors (Lipinski definition) is 4. The summed E-state index contributed by atoms with van der Waals surface area (Å²) in [6.45, 7) is 9.72. The summed E-state index contributed by atoms with van der Waals surface area (Å²) >= 11 is 0. The van der Waals surface area contributed by atoms with Crippen molar-refractivity contribution >= 4 is 24.0 Å². The Kier molecular flexibility index (Phi) is 11.5. The van der Waals surface area contributed by atoms with Gasteiger partial charge in [-0.1, -0.05) is 88.4 Å². The highest BCUT2D eigenvalue weighted by Crippen LogP contribution is 2.35. The number of amides is 2. The summed E-state index contributed by atoms with van der Waals surface area (Å²) in [4.78, 5) is 24.4. The first-order chi connectivity index (χ1) is 19.2. The maximum atomic E-state index is 12.5. The molecule has 40 heavy (non-hydrogen) atoms. The minimum absolute atomic E-state index is 0.0380. The lowest BCUT2D eigenvalue weighted by Gasteiger charge is -2.17. The van der Waals surface area contributed by atoms with Gasteiger partial charge in [0.05, 0.1) is 0 Å². The van der Waals surface area contributed by atoms with Crippen LogP contribution in [0.1, 0.15) is 96.1 Å². The number of carbonyl (C=O) groups excluding carboxylic acids is 2. The van der Waals surface area contributed by atoms with E-state index in [1.54, 1.807) is 12.1 Å². The summed E-state index contributed by atoms with van der Waals surface area (Å²) in [5.41, 5.74) is 12.3. The van der Waals surface area contributed by atoms with Gasteiger partial charge in [-0.25, -0.2) is 0 Å². The van der Waals surface area contributed by atoms with Crippen molar-refractivity contribution in [3.8, 4) is 5.75 Å². The van der Waals surface area contributed by atoms with Crippen LogP contribution in [-0.4, -0.2) is 30.0 Å². The second kappa shape index (κ2) is 15.0. The van der Waals surface area contributed by atoms with E-state index >= 15 is 0 Å². The number of nitrogens with one attached hydrogen (secondary N) is 2. The zero-order valence-electron chi connectivity index (χ0n) is 24.2. The number of phenols is 1. The molecule has 0 aliphatic carbocycles. The summed E-state index contributed by atoms with van der Waals surface area (Å²) in [6.07, 6.45) is 6.04. The molecule has 3 rings (SSSR count). The lowest BCUT2D eigenvalue weighted by Crippen LogP contribution is -2.28. The Bertz CT molecular complexity index is 1260. The molecule has 0 heterocycles. The second-order valence-electron chi connectivity index (χ2n) is 10.8. The molecule has 0 aliphatic rings.